The highest BCUT2D eigenvalue weighted by molar-refractivity contribution is 7.12. The summed E-state index contributed by atoms with van der Waals surface area (Å²) in [5, 5.41) is 1.82. The first-order chi connectivity index (χ1) is 13.9. The van der Waals surface area contributed by atoms with Crippen molar-refractivity contribution in [2.24, 2.45) is 0 Å². The monoisotopic (exact) mass is 411 g/mol. The van der Waals surface area contributed by atoms with Gasteiger partial charge in [0.05, 0.1) is 18.5 Å². The molecule has 0 atom stereocenters. The molecule has 150 valence electrons. The minimum absolute atomic E-state index is 0.119. The number of aromatic nitrogens is 2. The Bertz CT molecular complexity index is 1030. The number of hydrogen-bond donors (Lipinski definition) is 1. The molecule has 0 bridgehead atoms. The number of H-pyrrole nitrogens is 1. The Labute approximate surface area is 172 Å². The molecule has 0 aliphatic heterocycles. The Morgan fingerprint density at radius 3 is 2.62 bits per heavy atom. The van der Waals surface area contributed by atoms with Crippen molar-refractivity contribution in [1.82, 2.24) is 14.9 Å². The third-order valence-electron chi connectivity index (χ3n) is 4.56. The van der Waals surface area contributed by atoms with Crippen LogP contribution in [0.15, 0.2) is 42.0 Å². The van der Waals surface area contributed by atoms with Gasteiger partial charge in [-0.05, 0) is 42.5 Å². The van der Waals surface area contributed by atoms with Crippen molar-refractivity contribution in [3.05, 3.63) is 75.0 Å². The van der Waals surface area contributed by atoms with Crippen LogP contribution in [-0.2, 0) is 11.3 Å². The van der Waals surface area contributed by atoms with Gasteiger partial charge in [0.15, 0.2) is 5.78 Å². The van der Waals surface area contributed by atoms with Gasteiger partial charge in [0, 0.05) is 30.2 Å². The second-order valence-electron chi connectivity index (χ2n) is 6.54. The molecular weight excluding hydrogens is 390 g/mol. The topological polar surface area (TPSA) is 92.4 Å². The summed E-state index contributed by atoms with van der Waals surface area (Å²) in [4.78, 5) is 47.1. The summed E-state index contributed by atoms with van der Waals surface area (Å²) >= 11 is 1.32. The summed E-state index contributed by atoms with van der Waals surface area (Å²) < 4.78 is 4.76. The van der Waals surface area contributed by atoms with E-state index in [0.29, 0.717) is 21.7 Å². The lowest BCUT2D eigenvalue weighted by atomic mass is 10.0. The zero-order valence-corrected chi connectivity index (χ0v) is 17.2. The van der Waals surface area contributed by atoms with Gasteiger partial charge in [-0.15, -0.1) is 11.3 Å². The fourth-order valence-corrected chi connectivity index (χ4v) is 3.89. The molecule has 1 amide bonds. The predicted octanol–water partition coefficient (Wildman–Crippen LogP) is 3.40. The van der Waals surface area contributed by atoms with Crippen molar-refractivity contribution in [1.29, 1.82) is 0 Å². The van der Waals surface area contributed by atoms with Gasteiger partial charge in [-0.25, -0.2) is 4.79 Å². The number of esters is 1. The largest absolute Gasteiger partial charge is 0.464 e. The number of pyridine rings is 1. The Hall–Kier alpha value is -3.26. The van der Waals surface area contributed by atoms with Crippen LogP contribution in [0.1, 0.15) is 47.3 Å². The molecule has 7 nitrogen and oxygen atoms in total. The van der Waals surface area contributed by atoms with Crippen LogP contribution in [0.5, 0.6) is 0 Å². The van der Waals surface area contributed by atoms with Crippen LogP contribution in [0, 0.1) is 13.8 Å². The molecule has 0 aromatic carbocycles. The van der Waals surface area contributed by atoms with Crippen LogP contribution < -0.4 is 0 Å². The maximum absolute atomic E-state index is 13.1. The zero-order chi connectivity index (χ0) is 21.0. The maximum atomic E-state index is 13.1. The molecule has 0 saturated heterocycles. The van der Waals surface area contributed by atoms with Gasteiger partial charge < -0.3 is 14.6 Å². The second kappa shape index (κ2) is 8.83. The van der Waals surface area contributed by atoms with Gasteiger partial charge in [-0.2, -0.15) is 0 Å². The highest BCUT2D eigenvalue weighted by Gasteiger charge is 2.26. The Kier molecular flexibility index (Phi) is 6.23. The number of ether oxygens (including phenoxy) is 1. The predicted molar refractivity (Wildman–Crippen MR) is 109 cm³/mol. The van der Waals surface area contributed by atoms with Crippen LogP contribution >= 0.6 is 11.3 Å². The molecule has 0 fully saturated rings. The van der Waals surface area contributed by atoms with Crippen molar-refractivity contribution >= 4 is 29.0 Å². The standard InChI is InChI=1S/C21H21N3O4S/c1-13-18(14(2)23-19(13)21(27)28-3)16(25)12-24(11-15-6-4-8-22-10-15)20(26)17-7-5-9-29-17/h4-10,23H,11-12H2,1-3H3. The third kappa shape index (κ3) is 4.43. The van der Waals surface area contributed by atoms with Crippen molar-refractivity contribution in [2.75, 3.05) is 13.7 Å². The number of amides is 1. The number of ketones is 1. The first-order valence-electron chi connectivity index (χ1n) is 8.94. The minimum Gasteiger partial charge on any atom is -0.464 e. The molecule has 3 aromatic heterocycles. The normalized spacial score (nSPS) is 10.6. The third-order valence-corrected chi connectivity index (χ3v) is 5.41. The summed E-state index contributed by atoms with van der Waals surface area (Å²) in [6, 6.07) is 7.17. The second-order valence-corrected chi connectivity index (χ2v) is 7.49. The molecule has 29 heavy (non-hydrogen) atoms. The molecular formula is C21H21N3O4S. The van der Waals surface area contributed by atoms with E-state index in [4.69, 9.17) is 4.74 Å². The summed E-state index contributed by atoms with van der Waals surface area (Å²) in [6.07, 6.45) is 3.32. The molecule has 3 rings (SSSR count). The van der Waals surface area contributed by atoms with Crippen LogP contribution in [-0.4, -0.2) is 46.2 Å². The Morgan fingerprint density at radius 2 is 2.00 bits per heavy atom. The molecule has 0 unspecified atom stereocenters. The molecule has 0 saturated carbocycles. The van der Waals surface area contributed by atoms with Gasteiger partial charge >= 0.3 is 5.97 Å². The number of aryl methyl sites for hydroxylation is 1. The Balaban J connectivity index is 1.89. The molecule has 8 heteroatoms. The van der Waals surface area contributed by atoms with Crippen molar-refractivity contribution in [3.8, 4) is 0 Å². The number of rotatable bonds is 7. The average Bonchev–Trinajstić information content (AvgIpc) is 3.35. The average molecular weight is 411 g/mol. The number of carbonyl (C=O) groups excluding carboxylic acids is 3. The summed E-state index contributed by atoms with van der Waals surface area (Å²) in [7, 11) is 1.29. The number of carbonyl (C=O) groups is 3. The van der Waals surface area contributed by atoms with E-state index in [2.05, 4.69) is 9.97 Å². The summed E-state index contributed by atoms with van der Waals surface area (Å²) in [6.45, 7) is 3.54. The Morgan fingerprint density at radius 1 is 1.21 bits per heavy atom. The number of thiophene rings is 1. The van der Waals surface area contributed by atoms with Gasteiger partial charge in [0.25, 0.3) is 5.91 Å². The molecule has 0 spiro atoms. The quantitative estimate of drug-likeness (QED) is 0.475. The van der Waals surface area contributed by atoms with Crippen LogP contribution in [0.4, 0.5) is 0 Å². The zero-order valence-electron chi connectivity index (χ0n) is 16.4. The van der Waals surface area contributed by atoms with Crippen LogP contribution in [0.3, 0.4) is 0 Å². The van der Waals surface area contributed by atoms with Crippen LogP contribution in [0.25, 0.3) is 0 Å². The van der Waals surface area contributed by atoms with Gasteiger partial charge in [0.2, 0.25) is 0 Å². The van der Waals surface area contributed by atoms with E-state index in [1.54, 1.807) is 44.4 Å². The fourth-order valence-electron chi connectivity index (χ4n) is 3.19. The van der Waals surface area contributed by atoms with E-state index >= 15 is 0 Å². The van der Waals surface area contributed by atoms with Crippen molar-refractivity contribution < 1.29 is 19.1 Å². The lowest BCUT2D eigenvalue weighted by molar-refractivity contribution is 0.0593. The van der Waals surface area contributed by atoms with Crippen molar-refractivity contribution in [3.63, 3.8) is 0 Å². The molecule has 1 N–H and O–H groups in total. The molecule has 3 aromatic rings. The maximum Gasteiger partial charge on any atom is 0.354 e. The summed E-state index contributed by atoms with van der Waals surface area (Å²) in [5.74, 6) is -1.01. The number of Topliss-reactive ketones (excluding diaryl/α,β-unsaturated/α-hetero) is 1. The lowest BCUT2D eigenvalue weighted by Crippen LogP contribution is -2.35. The fraction of sp³-hybridized carbons (Fsp3) is 0.238. The first kappa shape index (κ1) is 20.5. The lowest BCUT2D eigenvalue weighted by Gasteiger charge is -2.21. The highest BCUT2D eigenvalue weighted by Crippen LogP contribution is 2.21. The van der Waals surface area contributed by atoms with E-state index in [9.17, 15) is 14.4 Å². The van der Waals surface area contributed by atoms with E-state index in [-0.39, 0.29) is 30.5 Å². The van der Waals surface area contributed by atoms with Crippen molar-refractivity contribution in [2.45, 2.75) is 20.4 Å². The molecule has 3 heterocycles. The van der Waals surface area contributed by atoms with E-state index in [0.717, 1.165) is 5.56 Å². The number of nitrogens with zero attached hydrogens (tertiary/aromatic N) is 2. The van der Waals surface area contributed by atoms with E-state index < -0.39 is 5.97 Å². The highest BCUT2D eigenvalue weighted by atomic mass is 32.1. The van der Waals surface area contributed by atoms with E-state index in [1.165, 1.54) is 23.3 Å². The number of aromatic amines is 1. The first-order valence-corrected chi connectivity index (χ1v) is 9.82. The number of nitrogens with one attached hydrogen (secondary N) is 1. The van der Waals surface area contributed by atoms with Gasteiger partial charge in [-0.1, -0.05) is 12.1 Å². The summed E-state index contributed by atoms with van der Waals surface area (Å²) in [5.41, 5.74) is 2.56. The number of methoxy groups -OCH3 is 1. The molecule has 0 aliphatic carbocycles. The van der Waals surface area contributed by atoms with Crippen LogP contribution in [0.2, 0.25) is 0 Å². The smallest absolute Gasteiger partial charge is 0.354 e. The number of hydrogen-bond acceptors (Lipinski definition) is 6. The minimum atomic E-state index is -0.536. The molecule has 0 radical (unpaired) electrons. The van der Waals surface area contributed by atoms with Gasteiger partial charge in [-0.3, -0.25) is 14.6 Å². The molecule has 0 aliphatic rings. The SMILES string of the molecule is COC(=O)c1[nH]c(C)c(C(=O)CN(Cc2cccnc2)C(=O)c2cccs2)c1C. The van der Waals surface area contributed by atoms with E-state index in [1.807, 2.05) is 11.4 Å². The van der Waals surface area contributed by atoms with Gasteiger partial charge in [0.1, 0.15) is 5.69 Å².